The summed E-state index contributed by atoms with van der Waals surface area (Å²) in [5.41, 5.74) is 3.22. The van der Waals surface area contributed by atoms with Crippen LogP contribution >= 0.6 is 0 Å². The van der Waals surface area contributed by atoms with E-state index in [1.807, 2.05) is 78.9 Å². The molecule has 0 fully saturated rings. The van der Waals surface area contributed by atoms with Crippen molar-refractivity contribution < 1.29 is 14.6 Å². The van der Waals surface area contributed by atoms with E-state index < -0.39 is 6.10 Å². The van der Waals surface area contributed by atoms with Crippen molar-refractivity contribution in [1.82, 2.24) is 0 Å². The van der Waals surface area contributed by atoms with Gasteiger partial charge in [0.2, 0.25) is 0 Å². The number of aliphatic hydroxyl groups excluding tert-OH is 1. The molecule has 0 aromatic heterocycles. The van der Waals surface area contributed by atoms with Gasteiger partial charge < -0.3 is 14.6 Å². The highest BCUT2D eigenvalue weighted by molar-refractivity contribution is 5.48. The monoisotopic (exact) mass is 332 g/mol. The highest BCUT2D eigenvalue weighted by Crippen LogP contribution is 2.40. The van der Waals surface area contributed by atoms with Crippen LogP contribution in [0.25, 0.3) is 0 Å². The van der Waals surface area contributed by atoms with Crippen LogP contribution in [0.1, 0.15) is 22.6 Å². The molecule has 1 aliphatic heterocycles. The Morgan fingerprint density at radius 2 is 1.64 bits per heavy atom. The SMILES string of the molecule is O[C@H]1COc2cc(OCc3ccccc3)ccc2[C@@H]1c1ccccc1. The molecule has 2 atom stereocenters. The predicted molar refractivity (Wildman–Crippen MR) is 97.0 cm³/mol. The van der Waals surface area contributed by atoms with Crippen molar-refractivity contribution in [2.24, 2.45) is 0 Å². The number of aliphatic hydroxyl groups is 1. The molecule has 3 heteroatoms. The first-order valence-corrected chi connectivity index (χ1v) is 8.48. The first kappa shape index (κ1) is 15.7. The van der Waals surface area contributed by atoms with E-state index in [2.05, 4.69) is 0 Å². The molecule has 1 aliphatic rings. The minimum absolute atomic E-state index is 0.0758. The lowest BCUT2D eigenvalue weighted by Crippen LogP contribution is -2.31. The maximum atomic E-state index is 10.4. The molecule has 0 radical (unpaired) electrons. The molecule has 0 unspecified atom stereocenters. The van der Waals surface area contributed by atoms with E-state index in [-0.39, 0.29) is 12.5 Å². The lowest BCUT2D eigenvalue weighted by atomic mass is 9.85. The second-order valence-electron chi connectivity index (χ2n) is 6.24. The van der Waals surface area contributed by atoms with Gasteiger partial charge in [-0.05, 0) is 17.2 Å². The molecule has 0 aliphatic carbocycles. The van der Waals surface area contributed by atoms with Crippen molar-refractivity contribution in [2.45, 2.75) is 18.6 Å². The zero-order chi connectivity index (χ0) is 17.1. The van der Waals surface area contributed by atoms with Gasteiger partial charge in [0.1, 0.15) is 24.7 Å². The van der Waals surface area contributed by atoms with Crippen molar-refractivity contribution in [2.75, 3.05) is 6.61 Å². The van der Waals surface area contributed by atoms with E-state index in [1.165, 1.54) is 0 Å². The summed E-state index contributed by atoms with van der Waals surface area (Å²) >= 11 is 0. The van der Waals surface area contributed by atoms with Gasteiger partial charge in [-0.1, -0.05) is 66.7 Å². The van der Waals surface area contributed by atoms with Crippen LogP contribution in [0, 0.1) is 0 Å². The van der Waals surface area contributed by atoms with Crippen LogP contribution in [0.5, 0.6) is 11.5 Å². The second-order valence-corrected chi connectivity index (χ2v) is 6.24. The molecule has 3 aromatic carbocycles. The van der Waals surface area contributed by atoms with E-state index in [9.17, 15) is 5.11 Å². The van der Waals surface area contributed by atoms with Gasteiger partial charge in [-0.25, -0.2) is 0 Å². The zero-order valence-electron chi connectivity index (χ0n) is 13.8. The summed E-state index contributed by atoms with van der Waals surface area (Å²) in [5, 5.41) is 10.4. The van der Waals surface area contributed by atoms with E-state index >= 15 is 0 Å². The van der Waals surface area contributed by atoms with Crippen molar-refractivity contribution in [3.05, 3.63) is 95.6 Å². The number of hydrogen-bond donors (Lipinski definition) is 1. The summed E-state index contributed by atoms with van der Waals surface area (Å²) in [6, 6.07) is 26.0. The summed E-state index contributed by atoms with van der Waals surface area (Å²) in [6.07, 6.45) is -0.550. The van der Waals surface area contributed by atoms with E-state index in [1.54, 1.807) is 0 Å². The minimum Gasteiger partial charge on any atom is -0.490 e. The van der Waals surface area contributed by atoms with Crippen LogP contribution in [0.3, 0.4) is 0 Å². The largest absolute Gasteiger partial charge is 0.490 e. The predicted octanol–water partition coefficient (Wildman–Crippen LogP) is 4.15. The highest BCUT2D eigenvalue weighted by Gasteiger charge is 2.31. The van der Waals surface area contributed by atoms with Gasteiger partial charge in [-0.3, -0.25) is 0 Å². The summed E-state index contributed by atoms with van der Waals surface area (Å²) in [5.74, 6) is 1.48. The topological polar surface area (TPSA) is 38.7 Å². The van der Waals surface area contributed by atoms with Gasteiger partial charge in [-0.2, -0.15) is 0 Å². The number of ether oxygens (including phenoxy) is 2. The van der Waals surface area contributed by atoms with Crippen LogP contribution in [-0.4, -0.2) is 17.8 Å². The molecule has 126 valence electrons. The fraction of sp³-hybridized carbons (Fsp3) is 0.182. The van der Waals surface area contributed by atoms with Crippen molar-refractivity contribution in [3.63, 3.8) is 0 Å². The Balaban J connectivity index is 1.58. The van der Waals surface area contributed by atoms with Crippen LogP contribution in [0.15, 0.2) is 78.9 Å². The van der Waals surface area contributed by atoms with Gasteiger partial charge in [0.15, 0.2) is 0 Å². The third-order valence-electron chi connectivity index (χ3n) is 4.52. The summed E-state index contributed by atoms with van der Waals surface area (Å²) in [4.78, 5) is 0. The van der Waals surface area contributed by atoms with Gasteiger partial charge in [0, 0.05) is 17.5 Å². The molecule has 0 amide bonds. The van der Waals surface area contributed by atoms with E-state index in [0.717, 1.165) is 28.2 Å². The molecule has 0 saturated heterocycles. The number of benzene rings is 3. The Hall–Kier alpha value is -2.78. The lowest BCUT2D eigenvalue weighted by molar-refractivity contribution is 0.0768. The Bertz CT molecular complexity index is 830. The van der Waals surface area contributed by atoms with Crippen LogP contribution in [0.4, 0.5) is 0 Å². The zero-order valence-corrected chi connectivity index (χ0v) is 13.8. The molecule has 1 N–H and O–H groups in total. The average Bonchev–Trinajstić information content (AvgIpc) is 2.68. The normalized spacial score (nSPS) is 18.9. The quantitative estimate of drug-likeness (QED) is 0.780. The molecule has 0 bridgehead atoms. The van der Waals surface area contributed by atoms with Crippen molar-refractivity contribution in [1.29, 1.82) is 0 Å². The average molecular weight is 332 g/mol. The van der Waals surface area contributed by atoms with Gasteiger partial charge in [0.25, 0.3) is 0 Å². The van der Waals surface area contributed by atoms with Crippen LogP contribution in [-0.2, 0) is 6.61 Å². The number of rotatable bonds is 4. The third-order valence-corrected chi connectivity index (χ3v) is 4.52. The minimum atomic E-state index is -0.550. The fourth-order valence-electron chi connectivity index (χ4n) is 3.27. The maximum absolute atomic E-state index is 10.4. The second kappa shape index (κ2) is 6.99. The molecule has 4 rings (SSSR count). The number of fused-ring (bicyclic) bond motifs is 1. The standard InChI is InChI=1S/C22H20O3/c23-20-15-25-21-13-18(24-14-16-7-3-1-4-8-16)11-12-19(21)22(20)17-9-5-2-6-10-17/h1-13,20,22-23H,14-15H2/t20-,22-/m0/s1. The molecular weight excluding hydrogens is 312 g/mol. The molecule has 1 heterocycles. The Morgan fingerprint density at radius 1 is 0.920 bits per heavy atom. The number of hydrogen-bond acceptors (Lipinski definition) is 3. The first-order valence-electron chi connectivity index (χ1n) is 8.48. The fourth-order valence-corrected chi connectivity index (χ4v) is 3.27. The molecule has 3 nitrogen and oxygen atoms in total. The maximum Gasteiger partial charge on any atom is 0.127 e. The molecule has 0 spiro atoms. The molecular formula is C22H20O3. The Kier molecular flexibility index (Phi) is 4.40. The molecule has 25 heavy (non-hydrogen) atoms. The van der Waals surface area contributed by atoms with Crippen LogP contribution < -0.4 is 9.47 Å². The third kappa shape index (κ3) is 3.37. The van der Waals surface area contributed by atoms with Crippen LogP contribution in [0.2, 0.25) is 0 Å². The molecule has 3 aromatic rings. The Labute approximate surface area is 147 Å². The summed E-state index contributed by atoms with van der Waals surface area (Å²) in [7, 11) is 0. The Morgan fingerprint density at radius 3 is 2.40 bits per heavy atom. The van der Waals surface area contributed by atoms with Gasteiger partial charge >= 0.3 is 0 Å². The van der Waals surface area contributed by atoms with E-state index in [0.29, 0.717) is 6.61 Å². The lowest BCUT2D eigenvalue weighted by Gasteiger charge is -2.31. The summed E-state index contributed by atoms with van der Waals surface area (Å²) in [6.45, 7) is 0.805. The van der Waals surface area contributed by atoms with Crippen molar-refractivity contribution >= 4 is 0 Å². The first-order chi connectivity index (χ1) is 12.3. The highest BCUT2D eigenvalue weighted by atomic mass is 16.5. The van der Waals surface area contributed by atoms with E-state index in [4.69, 9.17) is 9.47 Å². The molecule has 0 saturated carbocycles. The summed E-state index contributed by atoms with van der Waals surface area (Å²) < 4.78 is 11.6. The van der Waals surface area contributed by atoms with Gasteiger partial charge in [0.05, 0.1) is 6.10 Å². The van der Waals surface area contributed by atoms with Gasteiger partial charge in [-0.15, -0.1) is 0 Å². The van der Waals surface area contributed by atoms with Crippen molar-refractivity contribution in [3.8, 4) is 11.5 Å². The smallest absolute Gasteiger partial charge is 0.127 e.